The van der Waals surface area contributed by atoms with Gasteiger partial charge in [-0.05, 0) is 11.6 Å². The van der Waals surface area contributed by atoms with Crippen molar-refractivity contribution in [3.63, 3.8) is 0 Å². The van der Waals surface area contributed by atoms with Gasteiger partial charge in [-0.2, -0.15) is 9.97 Å². The molecule has 0 saturated carbocycles. The number of nitrogen functional groups attached to an aromatic ring is 1. The fraction of sp³-hybridized carbons (Fsp3) is 0.389. The van der Waals surface area contributed by atoms with Crippen LogP contribution in [0.2, 0.25) is 5.28 Å². The van der Waals surface area contributed by atoms with Crippen LogP contribution in [0, 0.1) is 0 Å². The second-order valence-corrected chi connectivity index (χ2v) is 8.77. The van der Waals surface area contributed by atoms with Gasteiger partial charge in [0, 0.05) is 11.8 Å². The van der Waals surface area contributed by atoms with Gasteiger partial charge in [-0.3, -0.25) is 4.57 Å². The second-order valence-electron chi connectivity index (χ2n) is 7.58. The molecule has 1 aliphatic rings. The van der Waals surface area contributed by atoms with Crippen molar-refractivity contribution >= 4 is 57.8 Å². The maximum absolute atomic E-state index is 15.0. The number of hydrogen-bond donors (Lipinski definition) is 5. The summed E-state index contributed by atoms with van der Waals surface area (Å²) in [5.74, 6) is -5.32. The van der Waals surface area contributed by atoms with Gasteiger partial charge in [0.25, 0.3) is 5.60 Å². The molecule has 3 aromatic rings. The summed E-state index contributed by atoms with van der Waals surface area (Å²) in [6.07, 6.45) is -6.72. The van der Waals surface area contributed by atoms with E-state index in [0.29, 0.717) is 11.3 Å². The normalized spacial score (nSPS) is 22.2. The average Bonchev–Trinajstić information content (AvgIpc) is 3.50. The lowest BCUT2D eigenvalue weighted by atomic mass is 9.97. The Kier molecular flexibility index (Phi) is 6.76. The van der Waals surface area contributed by atoms with Gasteiger partial charge in [-0.25, -0.2) is 28.7 Å². The molecule has 192 valence electrons. The van der Waals surface area contributed by atoms with Crippen molar-refractivity contribution in [2.24, 2.45) is 0 Å². The zero-order valence-electron chi connectivity index (χ0n) is 17.7. The molecule has 18 heteroatoms. The predicted molar refractivity (Wildman–Crippen MR) is 116 cm³/mol. The molecule has 4 heterocycles. The van der Waals surface area contributed by atoms with Crippen LogP contribution in [0.25, 0.3) is 11.2 Å². The number of nitrogens with zero attached hydrogens (tertiary/aromatic N) is 5. The van der Waals surface area contributed by atoms with Crippen LogP contribution in [0.15, 0.2) is 11.7 Å². The highest BCUT2D eigenvalue weighted by atomic mass is 35.5. The standard InChI is InChI=1S/C18H16ClFN6O9S/c19-17-24-10(21)8-11(25-17)26(4-22-8)13-7(20)9(27)6(35-13)2-34-18(15(30)31,16(32)33)1-5-3-36-12(23-5)14(28)29/h3-4,6-7,9,13,27H,1-2H2,(H,28,29)(H,30,31)(H,32,33)(H2,21,24,25)/t6-,7+,9-,13-/m1/s1. The van der Waals surface area contributed by atoms with Crippen molar-refractivity contribution in [1.29, 1.82) is 0 Å². The molecule has 0 radical (unpaired) electrons. The molecular weight excluding hydrogens is 531 g/mol. The smallest absolute Gasteiger partial charge is 0.365 e. The summed E-state index contributed by atoms with van der Waals surface area (Å²) in [5, 5.41) is 39.2. The summed E-state index contributed by atoms with van der Waals surface area (Å²) in [6, 6.07) is 0. The minimum absolute atomic E-state index is 0.00268. The van der Waals surface area contributed by atoms with E-state index in [1.807, 2.05) is 0 Å². The van der Waals surface area contributed by atoms with Gasteiger partial charge in [0.1, 0.15) is 17.7 Å². The minimum atomic E-state index is -2.94. The molecule has 3 aromatic heterocycles. The fourth-order valence-corrected chi connectivity index (χ4v) is 4.37. The van der Waals surface area contributed by atoms with E-state index in [1.165, 1.54) is 5.38 Å². The van der Waals surface area contributed by atoms with E-state index in [1.54, 1.807) is 0 Å². The first-order valence-corrected chi connectivity index (χ1v) is 11.1. The number of aliphatic hydroxyl groups excluding tert-OH is 1. The van der Waals surface area contributed by atoms with Crippen LogP contribution < -0.4 is 5.73 Å². The Balaban J connectivity index is 1.56. The number of carboxylic acid groups (broad SMARTS) is 3. The Morgan fingerprint density at radius 1 is 1.25 bits per heavy atom. The SMILES string of the molecule is Nc1nc(Cl)nc2c1ncn2[C@@H]1O[C@H](COC(Cc2csc(C(=O)O)n2)(C(=O)O)C(=O)O)[C@@H](O)[C@@H]1F. The number of nitrogens with two attached hydrogens (primary N) is 1. The Bertz CT molecular complexity index is 1340. The topological polar surface area (TPSA) is 233 Å². The second kappa shape index (κ2) is 9.51. The Labute approximate surface area is 207 Å². The van der Waals surface area contributed by atoms with Crippen LogP contribution in [0.1, 0.15) is 21.7 Å². The first-order valence-electron chi connectivity index (χ1n) is 9.86. The maximum Gasteiger partial charge on any atom is 0.365 e. The number of anilines is 1. The number of aromatic carboxylic acids is 1. The third-order valence-electron chi connectivity index (χ3n) is 5.34. The van der Waals surface area contributed by atoms with Gasteiger partial charge in [-0.1, -0.05) is 0 Å². The summed E-state index contributed by atoms with van der Waals surface area (Å²) >= 11 is 6.47. The van der Waals surface area contributed by atoms with E-state index in [-0.39, 0.29) is 33.0 Å². The molecule has 4 rings (SSSR count). The van der Waals surface area contributed by atoms with Gasteiger partial charge < -0.3 is 35.6 Å². The highest BCUT2D eigenvalue weighted by Gasteiger charge is 2.52. The molecule has 36 heavy (non-hydrogen) atoms. The third kappa shape index (κ3) is 4.42. The molecule has 15 nitrogen and oxygen atoms in total. The first kappa shape index (κ1) is 25.6. The predicted octanol–water partition coefficient (Wildman–Crippen LogP) is -0.0197. The van der Waals surface area contributed by atoms with Crippen LogP contribution in [0.3, 0.4) is 0 Å². The van der Waals surface area contributed by atoms with Crippen molar-refractivity contribution < 1.29 is 48.7 Å². The number of aromatic nitrogens is 5. The number of aliphatic hydroxyl groups is 1. The molecule has 6 N–H and O–H groups in total. The number of fused-ring (bicyclic) bond motifs is 1. The van der Waals surface area contributed by atoms with Crippen LogP contribution >= 0.6 is 22.9 Å². The van der Waals surface area contributed by atoms with E-state index in [0.717, 1.165) is 10.9 Å². The summed E-state index contributed by atoms with van der Waals surface area (Å²) in [7, 11) is 0. The van der Waals surface area contributed by atoms with E-state index in [4.69, 9.17) is 31.9 Å². The van der Waals surface area contributed by atoms with E-state index < -0.39 is 61.1 Å². The van der Waals surface area contributed by atoms with Crippen LogP contribution in [-0.4, -0.2) is 93.4 Å². The largest absolute Gasteiger partial charge is 0.479 e. The Morgan fingerprint density at radius 3 is 2.56 bits per heavy atom. The van der Waals surface area contributed by atoms with Crippen molar-refractivity contribution in [2.75, 3.05) is 12.3 Å². The summed E-state index contributed by atoms with van der Waals surface area (Å²) in [5.41, 5.74) is 2.71. The highest BCUT2D eigenvalue weighted by Crippen LogP contribution is 2.35. The van der Waals surface area contributed by atoms with Gasteiger partial charge in [0.15, 0.2) is 23.9 Å². The van der Waals surface area contributed by atoms with Crippen LogP contribution in [0.4, 0.5) is 10.2 Å². The molecule has 1 saturated heterocycles. The zero-order valence-corrected chi connectivity index (χ0v) is 19.3. The van der Waals surface area contributed by atoms with Crippen molar-refractivity contribution in [2.45, 2.75) is 36.6 Å². The Hall–Kier alpha value is -3.51. The maximum atomic E-state index is 15.0. The molecule has 0 unspecified atom stereocenters. The number of ether oxygens (including phenoxy) is 2. The quantitative estimate of drug-likeness (QED) is 0.175. The van der Waals surface area contributed by atoms with Gasteiger partial charge in [-0.15, -0.1) is 11.3 Å². The Morgan fingerprint density at radius 2 is 1.94 bits per heavy atom. The van der Waals surface area contributed by atoms with Crippen molar-refractivity contribution in [3.05, 3.63) is 27.7 Å². The van der Waals surface area contributed by atoms with Crippen LogP contribution in [-0.2, 0) is 25.5 Å². The van der Waals surface area contributed by atoms with Crippen molar-refractivity contribution in [3.8, 4) is 0 Å². The number of halogens is 2. The van der Waals surface area contributed by atoms with E-state index in [2.05, 4.69) is 19.9 Å². The van der Waals surface area contributed by atoms with E-state index in [9.17, 15) is 29.7 Å². The molecule has 4 atom stereocenters. The summed E-state index contributed by atoms with van der Waals surface area (Å²) < 4.78 is 26.8. The zero-order chi connectivity index (χ0) is 26.4. The molecule has 0 aliphatic carbocycles. The van der Waals surface area contributed by atoms with Gasteiger partial charge in [0.2, 0.25) is 10.3 Å². The fourth-order valence-electron chi connectivity index (χ4n) is 3.55. The third-order valence-corrected chi connectivity index (χ3v) is 6.39. The number of alkyl halides is 1. The summed E-state index contributed by atoms with van der Waals surface area (Å²) in [6.45, 7) is -0.864. The number of carboxylic acids is 3. The molecule has 1 fully saturated rings. The monoisotopic (exact) mass is 546 g/mol. The molecule has 0 aromatic carbocycles. The molecule has 1 aliphatic heterocycles. The highest BCUT2D eigenvalue weighted by molar-refractivity contribution is 7.11. The van der Waals surface area contributed by atoms with Gasteiger partial charge >= 0.3 is 17.9 Å². The number of rotatable bonds is 9. The average molecular weight is 547 g/mol. The number of imidazole rings is 1. The van der Waals surface area contributed by atoms with E-state index >= 15 is 4.39 Å². The summed E-state index contributed by atoms with van der Waals surface area (Å²) in [4.78, 5) is 50.2. The lowest BCUT2D eigenvalue weighted by Crippen LogP contribution is -2.53. The first-order chi connectivity index (χ1) is 16.9. The molecule has 0 amide bonds. The lowest BCUT2D eigenvalue weighted by Gasteiger charge is -2.26. The van der Waals surface area contributed by atoms with Crippen molar-refractivity contribution in [1.82, 2.24) is 24.5 Å². The minimum Gasteiger partial charge on any atom is -0.479 e. The lowest BCUT2D eigenvalue weighted by molar-refractivity contribution is -0.190. The number of carbonyl (C=O) groups is 3. The molecule has 0 spiro atoms. The molecule has 0 bridgehead atoms. The molecular formula is C18H16ClFN6O9S. The number of thiazole rings is 1. The van der Waals surface area contributed by atoms with Gasteiger partial charge in [0.05, 0.1) is 18.6 Å². The van der Waals surface area contributed by atoms with Crippen LogP contribution in [0.5, 0.6) is 0 Å². The number of aliphatic carboxylic acids is 2. The number of hydrogen-bond acceptors (Lipinski definition) is 12.